The average molecular weight is 492 g/mol. The molecule has 3 aromatic heterocycles. The average Bonchev–Trinajstić information content (AvgIpc) is 3.67. The number of aryl methyl sites for hydroxylation is 2. The number of fused-ring (bicyclic) bond motifs is 7. The van der Waals surface area contributed by atoms with Crippen LogP contribution in [0.5, 0.6) is 0 Å². The van der Waals surface area contributed by atoms with Gasteiger partial charge in [0, 0.05) is 16.8 Å². The van der Waals surface area contributed by atoms with Gasteiger partial charge >= 0.3 is 0 Å². The van der Waals surface area contributed by atoms with E-state index in [2.05, 4.69) is 108 Å². The predicted molar refractivity (Wildman–Crippen MR) is 158 cm³/mol. The molecule has 2 nitrogen and oxygen atoms in total. The van der Waals surface area contributed by atoms with Gasteiger partial charge in [-0.1, -0.05) is 61.0 Å². The van der Waals surface area contributed by atoms with E-state index in [1.165, 1.54) is 91.4 Å². The second-order valence-electron chi connectivity index (χ2n) is 12.1. The minimum Gasteiger partial charge on any atom is -0.307 e. The molecule has 2 fully saturated rings. The van der Waals surface area contributed by atoms with Crippen LogP contribution in [0.2, 0.25) is 0 Å². The van der Waals surface area contributed by atoms with Gasteiger partial charge in [0.05, 0.1) is 27.3 Å². The molecule has 0 amide bonds. The molecular weight excluding hydrogens is 460 g/mol. The summed E-state index contributed by atoms with van der Waals surface area (Å²) in [5.74, 6) is 2.53. The first-order valence-electron chi connectivity index (χ1n) is 14.3. The van der Waals surface area contributed by atoms with Gasteiger partial charge in [-0.25, -0.2) is 4.57 Å². The normalized spacial score (nSPS) is 21.3. The number of aromatic nitrogens is 2. The molecule has 2 bridgehead atoms. The van der Waals surface area contributed by atoms with Gasteiger partial charge in [0.2, 0.25) is 5.52 Å². The number of nitrogens with zero attached hydrogens (tertiary/aromatic N) is 2. The van der Waals surface area contributed by atoms with Crippen molar-refractivity contribution < 1.29 is 4.57 Å². The molecule has 0 radical (unpaired) electrons. The largest absolute Gasteiger partial charge is 0.307 e. The zero-order valence-corrected chi connectivity index (χ0v) is 22.0. The van der Waals surface area contributed by atoms with Crippen molar-refractivity contribution in [3.8, 4) is 11.1 Å². The van der Waals surface area contributed by atoms with E-state index < -0.39 is 0 Å². The fourth-order valence-electron chi connectivity index (χ4n) is 8.42. The third-order valence-corrected chi connectivity index (χ3v) is 10.1. The van der Waals surface area contributed by atoms with Crippen LogP contribution in [0.1, 0.15) is 42.7 Å². The van der Waals surface area contributed by atoms with Crippen LogP contribution in [-0.4, -0.2) is 4.40 Å². The molecular formula is C36H31N2+. The van der Waals surface area contributed by atoms with Crippen LogP contribution in [0.15, 0.2) is 85.1 Å². The van der Waals surface area contributed by atoms with Crippen molar-refractivity contribution in [1.29, 1.82) is 0 Å². The van der Waals surface area contributed by atoms with Crippen LogP contribution >= 0.6 is 0 Å². The van der Waals surface area contributed by atoms with Crippen molar-refractivity contribution >= 4 is 49.0 Å². The summed E-state index contributed by atoms with van der Waals surface area (Å²) in [5.41, 5.74) is 10.9. The van der Waals surface area contributed by atoms with E-state index in [4.69, 9.17) is 0 Å². The highest BCUT2D eigenvalue weighted by atomic mass is 15.0. The third-order valence-electron chi connectivity index (χ3n) is 10.1. The summed E-state index contributed by atoms with van der Waals surface area (Å²) in [7, 11) is 2.21. The third kappa shape index (κ3) is 2.65. The first-order valence-corrected chi connectivity index (χ1v) is 14.3. The summed E-state index contributed by atoms with van der Waals surface area (Å²) >= 11 is 0. The van der Waals surface area contributed by atoms with Crippen molar-refractivity contribution in [2.75, 3.05) is 0 Å². The van der Waals surface area contributed by atoms with E-state index in [9.17, 15) is 0 Å². The van der Waals surface area contributed by atoms with E-state index >= 15 is 0 Å². The maximum atomic E-state index is 2.60. The van der Waals surface area contributed by atoms with Crippen molar-refractivity contribution in [2.45, 2.75) is 38.5 Å². The molecule has 2 aliphatic carbocycles. The Bertz CT molecular complexity index is 2060. The van der Waals surface area contributed by atoms with E-state index in [1.54, 1.807) is 5.56 Å². The maximum absolute atomic E-state index is 2.60. The van der Waals surface area contributed by atoms with E-state index in [0.29, 0.717) is 5.92 Å². The molecule has 0 spiro atoms. The quantitative estimate of drug-likeness (QED) is 0.130. The molecule has 3 atom stereocenters. The minimum atomic E-state index is 0.715. The van der Waals surface area contributed by atoms with E-state index in [0.717, 1.165) is 11.8 Å². The lowest BCUT2D eigenvalue weighted by Crippen LogP contribution is -2.29. The Hall–Kier alpha value is -3.91. The lowest BCUT2D eigenvalue weighted by molar-refractivity contribution is -0.643. The monoisotopic (exact) mass is 491 g/mol. The first kappa shape index (κ1) is 21.1. The van der Waals surface area contributed by atoms with Gasteiger partial charge in [-0.2, -0.15) is 0 Å². The van der Waals surface area contributed by atoms with Crippen LogP contribution in [0, 0.1) is 18.8 Å². The molecule has 4 aromatic carbocycles. The van der Waals surface area contributed by atoms with Gasteiger partial charge in [-0.15, -0.1) is 0 Å². The second-order valence-corrected chi connectivity index (χ2v) is 12.1. The van der Waals surface area contributed by atoms with Crippen molar-refractivity contribution in [2.24, 2.45) is 18.9 Å². The molecule has 0 saturated heterocycles. The summed E-state index contributed by atoms with van der Waals surface area (Å²) in [5, 5.41) is 6.86. The second kappa shape index (κ2) is 7.35. The summed E-state index contributed by atoms with van der Waals surface area (Å²) in [6, 6.07) is 30.0. The van der Waals surface area contributed by atoms with Gasteiger partial charge in [-0.3, -0.25) is 0 Å². The predicted octanol–water partition coefficient (Wildman–Crippen LogP) is 8.69. The topological polar surface area (TPSA) is 8.29 Å². The molecule has 3 heterocycles. The smallest absolute Gasteiger partial charge is 0.224 e. The molecule has 0 aliphatic heterocycles. The Balaban J connectivity index is 1.46. The zero-order chi connectivity index (χ0) is 25.1. The SMILES string of the molecule is Cc1ccc2c3cc(-c4ccccc4)ccc3n3c4cc(C5CC6CCC5C6)cc5cc[n+](C)c(c1c23)c54. The van der Waals surface area contributed by atoms with Gasteiger partial charge in [0.25, 0.3) is 0 Å². The summed E-state index contributed by atoms with van der Waals surface area (Å²) in [4.78, 5) is 0. The van der Waals surface area contributed by atoms with Crippen molar-refractivity contribution in [3.63, 3.8) is 0 Å². The Morgan fingerprint density at radius 1 is 0.763 bits per heavy atom. The number of pyridine rings is 2. The molecule has 7 aromatic rings. The summed E-state index contributed by atoms with van der Waals surface area (Å²) < 4.78 is 4.95. The standard InChI is InChI=1S/C36H31N2/c1-21-8-12-28-30-19-24(23-6-4-3-5-7-23)11-13-31(30)38-32-20-27(29-17-22-9-10-25(29)16-22)18-26-14-15-37(2)36(34(26)32)33(21)35(28)38/h3-8,11-15,18-20,22,25,29H,9-10,16-17H2,1-2H3/q+1. The highest BCUT2D eigenvalue weighted by Gasteiger charge is 2.40. The Labute approximate surface area is 222 Å². The highest BCUT2D eigenvalue weighted by Crippen LogP contribution is 2.53. The first-order chi connectivity index (χ1) is 18.7. The van der Waals surface area contributed by atoms with Crippen molar-refractivity contribution in [1.82, 2.24) is 4.40 Å². The highest BCUT2D eigenvalue weighted by molar-refractivity contribution is 6.26. The molecule has 9 rings (SSSR count). The Morgan fingerprint density at radius 2 is 1.66 bits per heavy atom. The molecule has 2 aliphatic rings. The molecule has 184 valence electrons. The maximum Gasteiger partial charge on any atom is 0.224 e. The van der Waals surface area contributed by atoms with Gasteiger partial charge in [0.15, 0.2) is 6.20 Å². The minimum absolute atomic E-state index is 0.715. The lowest BCUT2D eigenvalue weighted by atomic mass is 9.82. The molecule has 0 N–H and O–H groups in total. The van der Waals surface area contributed by atoms with E-state index in [1.807, 2.05) is 0 Å². The number of rotatable bonds is 2. The molecule has 2 heteroatoms. The van der Waals surface area contributed by atoms with E-state index in [-0.39, 0.29) is 0 Å². The van der Waals surface area contributed by atoms with Crippen LogP contribution in [0.4, 0.5) is 0 Å². The number of hydrogen-bond donors (Lipinski definition) is 0. The fraction of sp³-hybridized carbons (Fsp3) is 0.250. The molecule has 2 saturated carbocycles. The van der Waals surface area contributed by atoms with Gasteiger partial charge in [-0.05, 0) is 89.8 Å². The fourth-order valence-corrected chi connectivity index (χ4v) is 8.42. The molecule has 3 unspecified atom stereocenters. The zero-order valence-electron chi connectivity index (χ0n) is 22.0. The van der Waals surface area contributed by atoms with Gasteiger partial charge < -0.3 is 4.40 Å². The number of benzene rings is 4. The Morgan fingerprint density at radius 3 is 2.47 bits per heavy atom. The summed E-state index contributed by atoms with van der Waals surface area (Å²) in [6.07, 6.45) is 7.95. The van der Waals surface area contributed by atoms with Crippen LogP contribution in [-0.2, 0) is 7.05 Å². The van der Waals surface area contributed by atoms with Crippen molar-refractivity contribution in [3.05, 3.63) is 96.2 Å². The summed E-state index contributed by atoms with van der Waals surface area (Å²) in [6.45, 7) is 2.28. The Kier molecular flexibility index (Phi) is 4.08. The van der Waals surface area contributed by atoms with Crippen LogP contribution in [0.3, 0.4) is 0 Å². The lowest BCUT2D eigenvalue weighted by Gasteiger charge is -2.23. The van der Waals surface area contributed by atoms with Crippen LogP contribution < -0.4 is 4.57 Å². The number of hydrogen-bond acceptors (Lipinski definition) is 0. The van der Waals surface area contributed by atoms with Gasteiger partial charge in [0.1, 0.15) is 7.05 Å². The van der Waals surface area contributed by atoms with Crippen LogP contribution in [0.25, 0.3) is 60.1 Å². The molecule has 38 heavy (non-hydrogen) atoms.